The second-order valence-electron chi connectivity index (χ2n) is 8.03. The van der Waals surface area contributed by atoms with E-state index in [0.29, 0.717) is 0 Å². The van der Waals surface area contributed by atoms with Crippen LogP contribution in [0.5, 0.6) is 0 Å². The molecule has 3 fully saturated rings. The quantitative estimate of drug-likeness (QED) is 0.363. The summed E-state index contributed by atoms with van der Waals surface area (Å²) in [4.78, 5) is 12.8. The van der Waals surface area contributed by atoms with Crippen LogP contribution in [0, 0.1) is 5.92 Å². The van der Waals surface area contributed by atoms with E-state index in [9.17, 15) is 0 Å². The second kappa shape index (κ2) is 11.7. The predicted molar refractivity (Wildman–Crippen MR) is 122 cm³/mol. The molecule has 0 bridgehead atoms. The van der Waals surface area contributed by atoms with E-state index < -0.39 is 0 Å². The van der Waals surface area contributed by atoms with Crippen LogP contribution in [0.2, 0.25) is 0 Å². The third kappa shape index (κ3) is 6.23. The third-order valence-corrected chi connectivity index (χ3v) is 6.41. The smallest absolute Gasteiger partial charge is 0.193 e. The molecule has 0 amide bonds. The second-order valence-corrected chi connectivity index (χ2v) is 8.03. The molecule has 26 heavy (non-hydrogen) atoms. The van der Waals surface area contributed by atoms with Crippen molar-refractivity contribution in [2.24, 2.45) is 10.9 Å². The first-order chi connectivity index (χ1) is 12.3. The number of guanidine groups is 1. The van der Waals surface area contributed by atoms with E-state index in [1.165, 1.54) is 84.3 Å². The minimum absolute atomic E-state index is 0. The fourth-order valence-electron chi connectivity index (χ4n) is 4.71. The predicted octanol–water partition coefficient (Wildman–Crippen LogP) is 2.86. The summed E-state index contributed by atoms with van der Waals surface area (Å²) in [5.74, 6) is 2.04. The summed E-state index contributed by atoms with van der Waals surface area (Å²) in [6, 6.07) is 0.754. The summed E-state index contributed by atoms with van der Waals surface area (Å²) in [6.45, 7) is 15.2. The van der Waals surface area contributed by atoms with Gasteiger partial charge in [0.25, 0.3) is 0 Å². The minimum Gasteiger partial charge on any atom is -0.357 e. The molecule has 3 aliphatic rings. The molecule has 3 aliphatic heterocycles. The van der Waals surface area contributed by atoms with Crippen molar-refractivity contribution in [3.63, 3.8) is 0 Å². The average molecular weight is 477 g/mol. The molecule has 1 N–H and O–H groups in total. The topological polar surface area (TPSA) is 34.1 Å². The summed E-state index contributed by atoms with van der Waals surface area (Å²) >= 11 is 0. The summed E-state index contributed by atoms with van der Waals surface area (Å²) < 4.78 is 0. The molecule has 0 aromatic carbocycles. The Balaban J connectivity index is 0.00000243. The maximum absolute atomic E-state index is 4.99. The van der Waals surface area contributed by atoms with Gasteiger partial charge in [-0.3, -0.25) is 9.89 Å². The van der Waals surface area contributed by atoms with Crippen LogP contribution in [-0.4, -0.2) is 85.6 Å². The molecule has 1 atom stereocenters. The zero-order valence-electron chi connectivity index (χ0n) is 17.0. The van der Waals surface area contributed by atoms with Gasteiger partial charge >= 0.3 is 0 Å². The zero-order chi connectivity index (χ0) is 17.5. The van der Waals surface area contributed by atoms with Crippen LogP contribution in [0.3, 0.4) is 0 Å². The Kier molecular flexibility index (Phi) is 9.99. The van der Waals surface area contributed by atoms with Crippen molar-refractivity contribution >= 4 is 29.9 Å². The van der Waals surface area contributed by atoms with Crippen molar-refractivity contribution in [3.05, 3.63) is 0 Å². The summed E-state index contributed by atoms with van der Waals surface area (Å²) in [5, 5.41) is 3.54. The standard InChI is InChI=1S/C20H39N5.HI/c1-3-21-20(22-11-7-18-8-14-23(4-2)15-9-18)25-16-10-19(17-25)24-12-5-6-13-24;/h18-19H,3-17H2,1-2H3,(H,21,22);1H. The highest BCUT2D eigenvalue weighted by Crippen LogP contribution is 2.22. The molecule has 0 aromatic rings. The van der Waals surface area contributed by atoms with Gasteiger partial charge < -0.3 is 15.1 Å². The molecule has 3 rings (SSSR count). The third-order valence-electron chi connectivity index (χ3n) is 6.41. The number of nitrogens with zero attached hydrogens (tertiary/aromatic N) is 4. The van der Waals surface area contributed by atoms with Gasteiger partial charge in [0, 0.05) is 32.2 Å². The fraction of sp³-hybridized carbons (Fsp3) is 0.950. The highest BCUT2D eigenvalue weighted by atomic mass is 127. The largest absolute Gasteiger partial charge is 0.357 e. The lowest BCUT2D eigenvalue weighted by Gasteiger charge is -2.30. The Bertz CT molecular complexity index is 416. The van der Waals surface area contributed by atoms with Crippen molar-refractivity contribution < 1.29 is 0 Å². The highest BCUT2D eigenvalue weighted by Gasteiger charge is 2.30. The van der Waals surface area contributed by atoms with Gasteiger partial charge in [-0.2, -0.15) is 0 Å². The van der Waals surface area contributed by atoms with E-state index in [2.05, 4.69) is 33.9 Å². The number of aliphatic imine (C=N–C) groups is 1. The van der Waals surface area contributed by atoms with Crippen LogP contribution in [0.4, 0.5) is 0 Å². The van der Waals surface area contributed by atoms with Gasteiger partial charge in [0.2, 0.25) is 0 Å². The van der Waals surface area contributed by atoms with Gasteiger partial charge in [0.1, 0.15) is 0 Å². The maximum Gasteiger partial charge on any atom is 0.193 e. The molecular formula is C20H40IN5. The first kappa shape index (κ1) is 22.2. The van der Waals surface area contributed by atoms with Crippen molar-refractivity contribution in [1.82, 2.24) is 20.0 Å². The van der Waals surface area contributed by atoms with Crippen LogP contribution in [0.25, 0.3) is 0 Å². The van der Waals surface area contributed by atoms with Crippen molar-refractivity contribution in [2.45, 2.75) is 58.4 Å². The van der Waals surface area contributed by atoms with E-state index in [1.807, 2.05) is 0 Å². The summed E-state index contributed by atoms with van der Waals surface area (Å²) in [5.41, 5.74) is 0. The molecule has 6 heteroatoms. The Labute approximate surface area is 178 Å². The first-order valence-corrected chi connectivity index (χ1v) is 10.8. The molecule has 0 saturated carbocycles. The average Bonchev–Trinajstić information content (AvgIpc) is 3.33. The normalized spacial score (nSPS) is 26.3. The van der Waals surface area contributed by atoms with Crippen LogP contribution >= 0.6 is 24.0 Å². The SMILES string of the molecule is CCNC(=NCCC1CCN(CC)CC1)N1CCC(N2CCCC2)C1.I. The van der Waals surface area contributed by atoms with Crippen LogP contribution in [0.1, 0.15) is 52.4 Å². The van der Waals surface area contributed by atoms with Crippen LogP contribution in [-0.2, 0) is 0 Å². The molecule has 3 saturated heterocycles. The van der Waals surface area contributed by atoms with E-state index in [-0.39, 0.29) is 24.0 Å². The highest BCUT2D eigenvalue weighted by molar-refractivity contribution is 14.0. The molecule has 1 unspecified atom stereocenters. The summed E-state index contributed by atoms with van der Waals surface area (Å²) in [7, 11) is 0. The Hall–Kier alpha value is -0.0800. The molecule has 5 nitrogen and oxygen atoms in total. The van der Waals surface area contributed by atoms with E-state index >= 15 is 0 Å². The number of hydrogen-bond donors (Lipinski definition) is 1. The maximum atomic E-state index is 4.99. The van der Waals surface area contributed by atoms with Gasteiger partial charge in [-0.1, -0.05) is 6.92 Å². The summed E-state index contributed by atoms with van der Waals surface area (Å²) in [6.07, 6.45) is 8.07. The number of piperidine rings is 1. The minimum atomic E-state index is 0. The lowest BCUT2D eigenvalue weighted by atomic mass is 9.94. The number of likely N-dealkylation sites (tertiary alicyclic amines) is 3. The van der Waals surface area contributed by atoms with E-state index in [0.717, 1.165) is 31.0 Å². The van der Waals surface area contributed by atoms with E-state index in [4.69, 9.17) is 4.99 Å². The monoisotopic (exact) mass is 477 g/mol. The van der Waals surface area contributed by atoms with Crippen molar-refractivity contribution in [3.8, 4) is 0 Å². The number of halogens is 1. The molecule has 0 aliphatic carbocycles. The molecule has 0 spiro atoms. The number of nitrogens with one attached hydrogen (secondary N) is 1. The molecule has 3 heterocycles. The van der Waals surface area contributed by atoms with Crippen molar-refractivity contribution in [1.29, 1.82) is 0 Å². The fourth-order valence-corrected chi connectivity index (χ4v) is 4.71. The lowest BCUT2D eigenvalue weighted by Crippen LogP contribution is -2.42. The van der Waals surface area contributed by atoms with Crippen molar-refractivity contribution in [2.75, 3.05) is 58.9 Å². The van der Waals surface area contributed by atoms with Gasteiger partial charge in [0.05, 0.1) is 0 Å². The molecule has 0 radical (unpaired) electrons. The number of hydrogen-bond acceptors (Lipinski definition) is 3. The Morgan fingerprint density at radius 2 is 1.73 bits per heavy atom. The zero-order valence-corrected chi connectivity index (χ0v) is 19.3. The Morgan fingerprint density at radius 1 is 1.00 bits per heavy atom. The van der Waals surface area contributed by atoms with Gasteiger partial charge in [-0.05, 0) is 84.1 Å². The number of rotatable bonds is 6. The molecule has 152 valence electrons. The molecular weight excluding hydrogens is 437 g/mol. The van der Waals surface area contributed by atoms with Gasteiger partial charge in [-0.15, -0.1) is 24.0 Å². The first-order valence-electron chi connectivity index (χ1n) is 10.8. The molecule has 0 aromatic heterocycles. The lowest BCUT2D eigenvalue weighted by molar-refractivity contribution is 0.188. The van der Waals surface area contributed by atoms with Gasteiger partial charge in [0.15, 0.2) is 5.96 Å². The van der Waals surface area contributed by atoms with Gasteiger partial charge in [-0.25, -0.2) is 0 Å². The van der Waals surface area contributed by atoms with Crippen LogP contribution < -0.4 is 5.32 Å². The van der Waals surface area contributed by atoms with E-state index in [1.54, 1.807) is 0 Å². The van der Waals surface area contributed by atoms with Crippen LogP contribution in [0.15, 0.2) is 4.99 Å². The Morgan fingerprint density at radius 3 is 2.38 bits per heavy atom.